The van der Waals surface area contributed by atoms with Crippen LogP contribution in [0.15, 0.2) is 11.6 Å². The van der Waals surface area contributed by atoms with Crippen molar-refractivity contribution < 1.29 is 19.5 Å². The molecule has 0 aromatic carbocycles. The Balaban J connectivity index is 2.47. The first-order chi connectivity index (χ1) is 8.19. The summed E-state index contributed by atoms with van der Waals surface area (Å²) in [6.07, 6.45) is 1.30. The van der Waals surface area contributed by atoms with Gasteiger partial charge in [0.05, 0.1) is 5.57 Å². The minimum absolute atomic E-state index is 0.202. The zero-order valence-corrected chi connectivity index (χ0v) is 11.3. The molecular weight excluding hydrogens is 254 g/mol. The Morgan fingerprint density at radius 1 is 1.50 bits per heavy atom. The summed E-state index contributed by atoms with van der Waals surface area (Å²) < 4.78 is -0.585. The largest absolute Gasteiger partial charge is 0.480 e. The third-order valence-corrected chi connectivity index (χ3v) is 6.07. The third kappa shape index (κ3) is 1.48. The summed E-state index contributed by atoms with van der Waals surface area (Å²) in [4.78, 5) is 35.7. The number of allylic oxidation sites excluding steroid dienone is 1. The number of amides is 1. The van der Waals surface area contributed by atoms with E-state index in [4.69, 9.17) is 0 Å². The summed E-state index contributed by atoms with van der Waals surface area (Å²) in [5, 5.41) is 8.95. The number of hydrogen-bond donors (Lipinski definition) is 1. The Morgan fingerprint density at radius 3 is 2.50 bits per heavy atom. The van der Waals surface area contributed by atoms with E-state index >= 15 is 0 Å². The van der Waals surface area contributed by atoms with Gasteiger partial charge in [0.25, 0.3) is 5.91 Å². The summed E-state index contributed by atoms with van der Waals surface area (Å²) in [7, 11) is -0.535. The number of aliphatic carboxylic acids is 1. The van der Waals surface area contributed by atoms with Crippen molar-refractivity contribution in [3.8, 4) is 0 Å². The molecule has 0 saturated carbocycles. The first-order valence-corrected chi connectivity index (χ1v) is 6.95. The molecule has 3 atom stereocenters. The van der Waals surface area contributed by atoms with E-state index in [-0.39, 0.29) is 17.1 Å². The second-order valence-electron chi connectivity index (χ2n) is 5.05. The molecule has 2 aliphatic rings. The second kappa shape index (κ2) is 3.78. The molecule has 2 heterocycles. The molecule has 2 rings (SSSR count). The van der Waals surface area contributed by atoms with E-state index in [0.29, 0.717) is 5.57 Å². The summed E-state index contributed by atoms with van der Waals surface area (Å²) >= 11 is 0. The van der Waals surface area contributed by atoms with E-state index < -0.39 is 27.2 Å². The molecule has 1 amide bonds. The normalized spacial score (nSPS) is 35.3. The zero-order chi connectivity index (χ0) is 13.8. The quantitative estimate of drug-likeness (QED) is 0.453. The van der Waals surface area contributed by atoms with Gasteiger partial charge in [0.2, 0.25) is 0 Å². The third-order valence-electron chi connectivity index (χ3n) is 3.47. The molecule has 2 aliphatic heterocycles. The fourth-order valence-electron chi connectivity index (χ4n) is 2.52. The zero-order valence-electron chi connectivity index (χ0n) is 10.5. The number of carbonyl (C=O) groups excluding carboxylic acids is 2. The number of fused-ring (bicyclic) bond motifs is 1. The van der Waals surface area contributed by atoms with Gasteiger partial charge in [-0.05, 0) is 26.8 Å². The van der Waals surface area contributed by atoms with Crippen molar-refractivity contribution in [1.29, 1.82) is 0 Å². The van der Waals surface area contributed by atoms with Crippen LogP contribution in [0.2, 0.25) is 0 Å². The maximum absolute atomic E-state index is 11.9. The minimum Gasteiger partial charge on any atom is -0.480 e. The van der Waals surface area contributed by atoms with E-state index in [2.05, 4.69) is 5.87 Å². The minimum atomic E-state index is -1.01. The molecule has 5 nitrogen and oxygen atoms in total. The van der Waals surface area contributed by atoms with E-state index in [1.54, 1.807) is 13.8 Å². The highest BCUT2D eigenvalue weighted by molar-refractivity contribution is 8.16. The van der Waals surface area contributed by atoms with Gasteiger partial charge in [-0.2, -0.15) is 10.5 Å². The first-order valence-electron chi connectivity index (χ1n) is 5.50. The van der Waals surface area contributed by atoms with Crippen LogP contribution >= 0.6 is 10.5 Å². The van der Waals surface area contributed by atoms with Crippen LogP contribution < -0.4 is 0 Å². The van der Waals surface area contributed by atoms with Gasteiger partial charge in [-0.3, -0.25) is 9.59 Å². The molecule has 2 fully saturated rings. The monoisotopic (exact) mass is 269 g/mol. The van der Waals surface area contributed by atoms with Gasteiger partial charge in [-0.25, -0.2) is 4.79 Å². The van der Waals surface area contributed by atoms with Crippen LogP contribution in [0.25, 0.3) is 0 Å². The van der Waals surface area contributed by atoms with Crippen molar-refractivity contribution in [3.63, 3.8) is 0 Å². The molecule has 98 valence electrons. The number of rotatable bonds is 2. The van der Waals surface area contributed by atoms with Crippen LogP contribution in [-0.4, -0.2) is 49.7 Å². The van der Waals surface area contributed by atoms with Gasteiger partial charge >= 0.3 is 5.97 Å². The van der Waals surface area contributed by atoms with Gasteiger partial charge in [0.1, 0.15) is 11.4 Å². The lowest BCUT2D eigenvalue weighted by Gasteiger charge is -2.39. The smallest absolute Gasteiger partial charge is 0.327 e. The van der Waals surface area contributed by atoms with E-state index in [9.17, 15) is 19.5 Å². The standard InChI is InChI=1S/C12H15NO4S/c1-6(14)5-7-9(15)13-8(11(16)17)12(2,3)18(4)10(7)13/h5,8,10H,4H2,1-3H3,(H,16,17)/b7-5-/t8-,10+,18?/m0/s1. The molecular formula is C12H15NO4S. The molecule has 0 radical (unpaired) electrons. The maximum atomic E-state index is 11.9. The molecule has 18 heavy (non-hydrogen) atoms. The Morgan fingerprint density at radius 2 is 2.06 bits per heavy atom. The lowest BCUT2D eigenvalue weighted by molar-refractivity contribution is -0.152. The Bertz CT molecular complexity index is 520. The topological polar surface area (TPSA) is 74.7 Å². The molecule has 0 aromatic rings. The molecule has 0 bridgehead atoms. The van der Waals surface area contributed by atoms with Crippen LogP contribution in [0, 0.1) is 0 Å². The van der Waals surface area contributed by atoms with Crippen molar-refractivity contribution in [2.45, 2.75) is 36.9 Å². The lowest BCUT2D eigenvalue weighted by atomic mass is 9.95. The number of ketones is 1. The number of carbonyl (C=O) groups is 3. The Kier molecular flexibility index (Phi) is 2.73. The fraction of sp³-hybridized carbons (Fsp3) is 0.500. The Hall–Kier alpha value is -1.43. The Labute approximate surface area is 107 Å². The van der Waals surface area contributed by atoms with Crippen LogP contribution in [0.3, 0.4) is 0 Å². The van der Waals surface area contributed by atoms with Gasteiger partial charge in [0.15, 0.2) is 5.78 Å². The van der Waals surface area contributed by atoms with Crippen molar-refractivity contribution in [2.24, 2.45) is 0 Å². The summed E-state index contributed by atoms with van der Waals surface area (Å²) in [5.41, 5.74) is 0.401. The molecule has 2 saturated heterocycles. The SMILES string of the molecule is C=S1[C@@H]2/C(=C\C(C)=O)C(=O)N2[C@@H](C(=O)O)C1(C)C. The number of carboxylic acid groups (broad SMARTS) is 1. The van der Waals surface area contributed by atoms with Crippen molar-refractivity contribution >= 4 is 34.0 Å². The summed E-state index contributed by atoms with van der Waals surface area (Å²) in [6, 6.07) is -0.861. The first kappa shape index (κ1) is 13.0. The highest BCUT2D eigenvalue weighted by Gasteiger charge is 2.62. The van der Waals surface area contributed by atoms with E-state index in [1.165, 1.54) is 17.9 Å². The maximum Gasteiger partial charge on any atom is 0.327 e. The van der Waals surface area contributed by atoms with E-state index in [1.807, 2.05) is 0 Å². The van der Waals surface area contributed by atoms with E-state index in [0.717, 1.165) is 0 Å². The fourth-order valence-corrected chi connectivity index (χ4v) is 4.57. The lowest BCUT2D eigenvalue weighted by Crippen LogP contribution is -2.58. The van der Waals surface area contributed by atoms with Crippen molar-refractivity contribution in [2.75, 3.05) is 0 Å². The summed E-state index contributed by atoms with van der Waals surface area (Å²) in [5.74, 6) is 2.45. The average molecular weight is 269 g/mol. The second-order valence-corrected chi connectivity index (χ2v) is 7.40. The van der Waals surface area contributed by atoms with Gasteiger partial charge in [-0.1, -0.05) is 5.87 Å². The van der Waals surface area contributed by atoms with Gasteiger partial charge < -0.3 is 10.0 Å². The molecule has 6 heteroatoms. The van der Waals surface area contributed by atoms with Crippen LogP contribution in [0.4, 0.5) is 0 Å². The predicted octanol–water partition coefficient (Wildman–Crippen LogP) is 0.616. The highest BCUT2D eigenvalue weighted by atomic mass is 32.2. The van der Waals surface area contributed by atoms with Crippen LogP contribution in [0.1, 0.15) is 20.8 Å². The molecule has 0 aromatic heterocycles. The predicted molar refractivity (Wildman–Crippen MR) is 69.6 cm³/mol. The van der Waals surface area contributed by atoms with Gasteiger partial charge in [0, 0.05) is 4.75 Å². The van der Waals surface area contributed by atoms with Crippen LogP contribution in [0.5, 0.6) is 0 Å². The van der Waals surface area contributed by atoms with Crippen molar-refractivity contribution in [3.05, 3.63) is 11.6 Å². The molecule has 0 spiro atoms. The van der Waals surface area contributed by atoms with Crippen molar-refractivity contribution in [1.82, 2.24) is 4.90 Å². The molecule has 0 aliphatic carbocycles. The number of carboxylic acids is 1. The number of β-lactam (4-membered cyclic amide) rings is 1. The molecule has 1 unspecified atom stereocenters. The molecule has 1 N–H and O–H groups in total. The van der Waals surface area contributed by atoms with Gasteiger partial charge in [-0.15, -0.1) is 0 Å². The number of hydrogen-bond acceptors (Lipinski definition) is 3. The summed E-state index contributed by atoms with van der Waals surface area (Å²) in [6.45, 7) is 4.98. The average Bonchev–Trinajstić information content (AvgIpc) is 2.42. The number of nitrogens with zero attached hydrogens (tertiary/aromatic N) is 1. The highest BCUT2D eigenvalue weighted by Crippen LogP contribution is 2.56. The van der Waals surface area contributed by atoms with Crippen LogP contribution in [-0.2, 0) is 14.4 Å².